The van der Waals surface area contributed by atoms with Crippen LogP contribution in [0.5, 0.6) is 0 Å². The zero-order chi connectivity index (χ0) is 17.0. The van der Waals surface area contributed by atoms with E-state index in [1.54, 1.807) is 12.1 Å². The molecule has 25 heavy (non-hydrogen) atoms. The summed E-state index contributed by atoms with van der Waals surface area (Å²) in [7, 11) is 2.19. The van der Waals surface area contributed by atoms with E-state index in [0.717, 1.165) is 31.6 Å². The van der Waals surface area contributed by atoms with Gasteiger partial charge in [-0.25, -0.2) is 4.39 Å². The minimum atomic E-state index is -0.190. The van der Waals surface area contributed by atoms with Crippen LogP contribution < -0.4 is 5.32 Å². The molecule has 0 aliphatic carbocycles. The van der Waals surface area contributed by atoms with Crippen LogP contribution in [0.4, 0.5) is 4.39 Å². The van der Waals surface area contributed by atoms with Crippen molar-refractivity contribution < 1.29 is 4.39 Å². The zero-order valence-corrected chi connectivity index (χ0v) is 14.9. The fourth-order valence-corrected chi connectivity index (χ4v) is 5.48. The SMILES string of the molecule is CN1CCc2c(sc3c2CN[C@@H](c2ccc(F)cc2)c2cccn2-3)C1. The number of aromatic nitrogens is 1. The molecule has 0 fully saturated rings. The van der Waals surface area contributed by atoms with Crippen LogP contribution >= 0.6 is 11.3 Å². The van der Waals surface area contributed by atoms with Crippen molar-refractivity contribution >= 4 is 11.3 Å². The molecule has 128 valence electrons. The maximum Gasteiger partial charge on any atom is 0.123 e. The van der Waals surface area contributed by atoms with Gasteiger partial charge in [0.2, 0.25) is 0 Å². The average Bonchev–Trinajstić information content (AvgIpc) is 3.18. The van der Waals surface area contributed by atoms with Gasteiger partial charge in [0.05, 0.1) is 6.04 Å². The molecular formula is C20H20FN3S. The highest BCUT2D eigenvalue weighted by atomic mass is 32.1. The van der Waals surface area contributed by atoms with Crippen molar-refractivity contribution in [2.75, 3.05) is 13.6 Å². The molecule has 3 aromatic rings. The van der Waals surface area contributed by atoms with Crippen LogP contribution in [-0.2, 0) is 19.5 Å². The molecule has 0 saturated heterocycles. The monoisotopic (exact) mass is 353 g/mol. The minimum absolute atomic E-state index is 0.0807. The Balaban J connectivity index is 1.62. The van der Waals surface area contributed by atoms with Crippen LogP contribution in [0.3, 0.4) is 0 Å². The summed E-state index contributed by atoms with van der Waals surface area (Å²) in [6, 6.07) is 11.2. The molecule has 3 nitrogen and oxygen atoms in total. The van der Waals surface area contributed by atoms with Gasteiger partial charge >= 0.3 is 0 Å². The van der Waals surface area contributed by atoms with E-state index < -0.39 is 0 Å². The molecule has 1 aromatic carbocycles. The Hall–Kier alpha value is -1.95. The summed E-state index contributed by atoms with van der Waals surface area (Å²) in [4.78, 5) is 3.89. The maximum atomic E-state index is 13.3. The maximum absolute atomic E-state index is 13.3. The highest BCUT2D eigenvalue weighted by molar-refractivity contribution is 7.15. The predicted octanol–water partition coefficient (Wildman–Crippen LogP) is 3.86. The molecule has 5 rings (SSSR count). The van der Waals surface area contributed by atoms with E-state index in [4.69, 9.17) is 0 Å². The molecular weight excluding hydrogens is 333 g/mol. The highest BCUT2D eigenvalue weighted by Crippen LogP contribution is 2.40. The summed E-state index contributed by atoms with van der Waals surface area (Å²) in [5.74, 6) is -0.190. The molecule has 5 heteroatoms. The Labute approximate surface area is 150 Å². The first-order valence-corrected chi connectivity index (χ1v) is 9.51. The Bertz CT molecular complexity index is 925. The first kappa shape index (κ1) is 15.3. The second kappa shape index (κ2) is 5.80. The number of thiophene rings is 1. The lowest BCUT2D eigenvalue weighted by Gasteiger charge is -2.23. The molecule has 1 N–H and O–H groups in total. The fraction of sp³-hybridized carbons (Fsp3) is 0.300. The molecule has 2 aromatic heterocycles. The summed E-state index contributed by atoms with van der Waals surface area (Å²) < 4.78 is 15.7. The Morgan fingerprint density at radius 3 is 2.84 bits per heavy atom. The van der Waals surface area contributed by atoms with Crippen LogP contribution in [0, 0.1) is 5.82 Å². The second-order valence-corrected chi connectivity index (χ2v) is 8.03. The number of fused-ring (bicyclic) bond motifs is 5. The number of nitrogens with one attached hydrogen (secondary N) is 1. The number of hydrogen-bond acceptors (Lipinski definition) is 3. The van der Waals surface area contributed by atoms with Crippen LogP contribution in [0.1, 0.15) is 33.3 Å². The number of nitrogens with zero attached hydrogens (tertiary/aromatic N) is 2. The fourth-order valence-electron chi connectivity index (χ4n) is 4.03. The van der Waals surface area contributed by atoms with Crippen LogP contribution in [0.25, 0.3) is 5.00 Å². The van der Waals surface area contributed by atoms with E-state index >= 15 is 0 Å². The van der Waals surface area contributed by atoms with Crippen LogP contribution in [-0.4, -0.2) is 23.1 Å². The normalized spacial score (nSPS) is 19.8. The van der Waals surface area contributed by atoms with Gasteiger partial charge in [-0.15, -0.1) is 11.3 Å². The van der Waals surface area contributed by atoms with Gasteiger partial charge in [-0.05, 0) is 48.9 Å². The second-order valence-electron chi connectivity index (χ2n) is 6.94. The van der Waals surface area contributed by atoms with E-state index in [1.807, 2.05) is 23.5 Å². The topological polar surface area (TPSA) is 20.2 Å². The lowest BCUT2D eigenvalue weighted by molar-refractivity contribution is 0.316. The minimum Gasteiger partial charge on any atom is -0.310 e. The molecule has 2 aliphatic heterocycles. The summed E-state index contributed by atoms with van der Waals surface area (Å²) in [5.41, 5.74) is 5.29. The number of benzene rings is 1. The molecule has 2 aliphatic rings. The molecule has 0 spiro atoms. The molecule has 0 bridgehead atoms. The lowest BCUT2D eigenvalue weighted by atomic mass is 10.0. The van der Waals surface area contributed by atoms with E-state index in [2.05, 4.69) is 40.2 Å². The molecule has 0 unspecified atom stereocenters. The van der Waals surface area contributed by atoms with Gasteiger partial charge in [-0.2, -0.15) is 0 Å². The number of halogens is 1. The van der Waals surface area contributed by atoms with Crippen LogP contribution in [0.2, 0.25) is 0 Å². The van der Waals surface area contributed by atoms with Gasteiger partial charge in [-0.3, -0.25) is 0 Å². The van der Waals surface area contributed by atoms with Gasteiger partial charge < -0.3 is 14.8 Å². The standard InChI is InChI=1S/C20H20FN3S/c1-23-10-8-15-16-11-22-19(13-4-6-14(21)7-5-13)17-3-2-9-24(17)20(16)25-18(15)12-23/h2-7,9,19,22H,8,10-12H2,1H3/t19-/m0/s1. The van der Waals surface area contributed by atoms with Crippen molar-refractivity contribution in [2.24, 2.45) is 0 Å². The predicted molar refractivity (Wildman–Crippen MR) is 98.8 cm³/mol. The average molecular weight is 353 g/mol. The third-order valence-electron chi connectivity index (χ3n) is 5.32. The van der Waals surface area contributed by atoms with Crippen molar-refractivity contribution in [2.45, 2.75) is 25.6 Å². The number of hydrogen-bond donors (Lipinski definition) is 1. The van der Waals surface area contributed by atoms with Crippen molar-refractivity contribution in [1.29, 1.82) is 0 Å². The Kier molecular flexibility index (Phi) is 3.55. The Morgan fingerprint density at radius 2 is 2.00 bits per heavy atom. The smallest absolute Gasteiger partial charge is 0.123 e. The first-order chi connectivity index (χ1) is 12.2. The molecule has 4 heterocycles. The van der Waals surface area contributed by atoms with Gasteiger partial charge in [0.15, 0.2) is 0 Å². The largest absolute Gasteiger partial charge is 0.310 e. The van der Waals surface area contributed by atoms with Gasteiger partial charge in [0.1, 0.15) is 10.8 Å². The molecule has 0 radical (unpaired) electrons. The third-order valence-corrected chi connectivity index (χ3v) is 6.58. The van der Waals surface area contributed by atoms with E-state index in [1.165, 1.54) is 26.7 Å². The van der Waals surface area contributed by atoms with Gasteiger partial charge in [0, 0.05) is 42.0 Å². The molecule has 0 amide bonds. The summed E-state index contributed by atoms with van der Waals surface area (Å²) in [6.07, 6.45) is 3.28. The van der Waals surface area contributed by atoms with Crippen molar-refractivity contribution in [1.82, 2.24) is 14.8 Å². The summed E-state index contributed by atoms with van der Waals surface area (Å²) in [5, 5.41) is 5.06. The van der Waals surface area contributed by atoms with E-state index in [-0.39, 0.29) is 11.9 Å². The molecule has 1 atom stereocenters. The van der Waals surface area contributed by atoms with Gasteiger partial charge in [-0.1, -0.05) is 12.1 Å². The quantitative estimate of drug-likeness (QED) is 0.717. The number of rotatable bonds is 1. The van der Waals surface area contributed by atoms with Crippen molar-refractivity contribution in [3.05, 3.63) is 75.7 Å². The van der Waals surface area contributed by atoms with Crippen LogP contribution in [0.15, 0.2) is 42.6 Å². The van der Waals surface area contributed by atoms with E-state index in [9.17, 15) is 4.39 Å². The Morgan fingerprint density at radius 1 is 1.16 bits per heavy atom. The van der Waals surface area contributed by atoms with Crippen molar-refractivity contribution in [3.8, 4) is 5.00 Å². The first-order valence-electron chi connectivity index (χ1n) is 8.69. The third kappa shape index (κ3) is 2.46. The van der Waals surface area contributed by atoms with E-state index in [0.29, 0.717) is 0 Å². The number of likely N-dealkylation sites (N-methyl/N-ethyl adjacent to an activating group) is 1. The zero-order valence-electron chi connectivity index (χ0n) is 14.1. The highest BCUT2D eigenvalue weighted by Gasteiger charge is 2.29. The van der Waals surface area contributed by atoms with Gasteiger partial charge in [0.25, 0.3) is 0 Å². The lowest BCUT2D eigenvalue weighted by Crippen LogP contribution is -2.27. The summed E-state index contributed by atoms with van der Waals surface area (Å²) in [6.45, 7) is 3.02. The van der Waals surface area contributed by atoms with Crippen molar-refractivity contribution in [3.63, 3.8) is 0 Å². The molecule has 0 saturated carbocycles. The summed E-state index contributed by atoms with van der Waals surface area (Å²) >= 11 is 1.92.